The number of methoxy groups -OCH3 is 1. The van der Waals surface area contributed by atoms with Crippen molar-refractivity contribution in [2.24, 2.45) is 0 Å². The number of nitrogens with zero attached hydrogens (tertiary/aromatic N) is 1. The second kappa shape index (κ2) is 7.31. The van der Waals surface area contributed by atoms with E-state index in [9.17, 15) is 4.79 Å². The van der Waals surface area contributed by atoms with E-state index >= 15 is 0 Å². The number of aromatic nitrogens is 1. The second-order valence-corrected chi connectivity index (χ2v) is 6.87. The van der Waals surface area contributed by atoms with E-state index in [0.717, 1.165) is 47.8 Å². The third-order valence-corrected chi connectivity index (χ3v) is 4.97. The number of carbonyl (C=O) groups is 1. The standard InChI is InChI=1S/C20H27N3O2/c1-13-11-16(9-10-21-13)22-20(24)19-12-14(2)23(15(19)3)17-5-7-18(25-4)8-6-17/h5-8,12-13,16,21H,9-11H2,1-4H3,(H,22,24). The van der Waals surface area contributed by atoms with Gasteiger partial charge in [-0.2, -0.15) is 0 Å². The molecule has 1 fully saturated rings. The number of nitrogens with one attached hydrogen (secondary N) is 2. The predicted molar refractivity (Wildman–Crippen MR) is 99.7 cm³/mol. The van der Waals surface area contributed by atoms with Gasteiger partial charge in [0, 0.05) is 29.2 Å². The third-order valence-electron chi connectivity index (χ3n) is 4.97. The van der Waals surface area contributed by atoms with Gasteiger partial charge in [-0.1, -0.05) is 0 Å². The van der Waals surface area contributed by atoms with Gasteiger partial charge in [-0.15, -0.1) is 0 Å². The maximum Gasteiger partial charge on any atom is 0.253 e. The Kier molecular flexibility index (Phi) is 5.13. The van der Waals surface area contributed by atoms with Gasteiger partial charge in [0.2, 0.25) is 0 Å². The van der Waals surface area contributed by atoms with Crippen LogP contribution in [0.25, 0.3) is 5.69 Å². The molecule has 1 aromatic carbocycles. The molecule has 1 amide bonds. The first-order chi connectivity index (χ1) is 12.0. The van der Waals surface area contributed by atoms with E-state index < -0.39 is 0 Å². The summed E-state index contributed by atoms with van der Waals surface area (Å²) in [6, 6.07) is 10.6. The summed E-state index contributed by atoms with van der Waals surface area (Å²) in [5.41, 5.74) is 3.79. The molecule has 3 rings (SSSR count). The van der Waals surface area contributed by atoms with E-state index in [0.29, 0.717) is 6.04 Å². The minimum atomic E-state index is 0.0203. The first-order valence-corrected chi connectivity index (χ1v) is 8.87. The van der Waals surface area contributed by atoms with E-state index in [-0.39, 0.29) is 11.9 Å². The molecule has 1 saturated heterocycles. The molecule has 1 aliphatic heterocycles. The zero-order valence-corrected chi connectivity index (χ0v) is 15.4. The fraction of sp³-hybridized carbons (Fsp3) is 0.450. The highest BCUT2D eigenvalue weighted by Gasteiger charge is 2.23. The highest BCUT2D eigenvalue weighted by Crippen LogP contribution is 2.23. The van der Waals surface area contributed by atoms with Crippen molar-refractivity contribution in [1.29, 1.82) is 0 Å². The summed E-state index contributed by atoms with van der Waals surface area (Å²) in [6.07, 6.45) is 1.95. The average molecular weight is 341 g/mol. The van der Waals surface area contributed by atoms with Gasteiger partial charge in [0.15, 0.2) is 0 Å². The second-order valence-electron chi connectivity index (χ2n) is 6.87. The molecule has 2 atom stereocenters. The number of amides is 1. The van der Waals surface area contributed by atoms with Crippen molar-refractivity contribution in [2.45, 2.75) is 45.7 Å². The van der Waals surface area contributed by atoms with Crippen LogP contribution in [0.15, 0.2) is 30.3 Å². The van der Waals surface area contributed by atoms with Crippen molar-refractivity contribution in [3.8, 4) is 11.4 Å². The van der Waals surface area contributed by atoms with Gasteiger partial charge in [0.25, 0.3) is 5.91 Å². The highest BCUT2D eigenvalue weighted by molar-refractivity contribution is 5.96. The van der Waals surface area contributed by atoms with Crippen molar-refractivity contribution in [3.05, 3.63) is 47.3 Å². The Morgan fingerprint density at radius 2 is 2.00 bits per heavy atom. The van der Waals surface area contributed by atoms with E-state index in [2.05, 4.69) is 22.1 Å². The fourth-order valence-corrected chi connectivity index (χ4v) is 3.65. The lowest BCUT2D eigenvalue weighted by molar-refractivity contribution is 0.0925. The minimum absolute atomic E-state index is 0.0203. The number of rotatable bonds is 4. The molecule has 1 aliphatic rings. The number of aryl methyl sites for hydroxylation is 1. The third kappa shape index (κ3) is 3.71. The van der Waals surface area contributed by atoms with Gasteiger partial charge in [-0.3, -0.25) is 4.79 Å². The Balaban J connectivity index is 1.82. The quantitative estimate of drug-likeness (QED) is 0.899. The minimum Gasteiger partial charge on any atom is -0.497 e. The van der Waals surface area contributed by atoms with Crippen molar-refractivity contribution in [1.82, 2.24) is 15.2 Å². The highest BCUT2D eigenvalue weighted by atomic mass is 16.5. The van der Waals surface area contributed by atoms with Crippen molar-refractivity contribution < 1.29 is 9.53 Å². The first kappa shape index (κ1) is 17.5. The summed E-state index contributed by atoms with van der Waals surface area (Å²) in [5, 5.41) is 6.62. The maximum absolute atomic E-state index is 12.8. The van der Waals surface area contributed by atoms with Gasteiger partial charge in [0.1, 0.15) is 5.75 Å². The molecular weight excluding hydrogens is 314 g/mol. The molecule has 2 N–H and O–H groups in total. The number of benzene rings is 1. The first-order valence-electron chi connectivity index (χ1n) is 8.87. The number of piperidine rings is 1. The smallest absolute Gasteiger partial charge is 0.253 e. The number of hydrogen-bond acceptors (Lipinski definition) is 3. The summed E-state index contributed by atoms with van der Waals surface area (Å²) >= 11 is 0. The maximum atomic E-state index is 12.8. The molecule has 2 aromatic rings. The SMILES string of the molecule is COc1ccc(-n2c(C)cc(C(=O)NC3CCNC(C)C3)c2C)cc1. The average Bonchev–Trinajstić information content (AvgIpc) is 2.90. The number of carbonyl (C=O) groups excluding carboxylic acids is 1. The molecule has 1 aromatic heterocycles. The summed E-state index contributed by atoms with van der Waals surface area (Å²) in [4.78, 5) is 12.8. The topological polar surface area (TPSA) is 55.3 Å². The van der Waals surface area contributed by atoms with Crippen LogP contribution in [0.5, 0.6) is 5.75 Å². The van der Waals surface area contributed by atoms with E-state index in [1.54, 1.807) is 7.11 Å². The zero-order valence-electron chi connectivity index (χ0n) is 15.4. The van der Waals surface area contributed by atoms with Gasteiger partial charge in [-0.25, -0.2) is 0 Å². The summed E-state index contributed by atoms with van der Waals surface area (Å²) in [5.74, 6) is 0.844. The Labute approximate surface area is 149 Å². The number of ether oxygens (including phenoxy) is 1. The predicted octanol–water partition coefficient (Wildman–Crippen LogP) is 2.97. The van der Waals surface area contributed by atoms with E-state index in [1.165, 1.54) is 0 Å². The normalized spacial score (nSPS) is 20.3. The van der Waals surface area contributed by atoms with Crippen LogP contribution in [0.3, 0.4) is 0 Å². The van der Waals surface area contributed by atoms with Gasteiger partial charge >= 0.3 is 0 Å². The van der Waals surface area contributed by atoms with E-state index in [1.807, 2.05) is 44.2 Å². The summed E-state index contributed by atoms with van der Waals surface area (Å²) in [7, 11) is 1.66. The molecule has 2 heterocycles. The molecule has 0 radical (unpaired) electrons. The Bertz CT molecular complexity index is 749. The van der Waals surface area contributed by atoms with Crippen LogP contribution in [-0.4, -0.2) is 36.2 Å². The molecule has 0 saturated carbocycles. The molecule has 5 heteroatoms. The van der Waals surface area contributed by atoms with Gasteiger partial charge < -0.3 is 19.9 Å². The van der Waals surface area contributed by atoms with Crippen molar-refractivity contribution in [2.75, 3.05) is 13.7 Å². The lowest BCUT2D eigenvalue weighted by Crippen LogP contribution is -2.46. The van der Waals surface area contributed by atoms with Crippen LogP contribution in [0.2, 0.25) is 0 Å². The van der Waals surface area contributed by atoms with Gasteiger partial charge in [0.05, 0.1) is 12.7 Å². The lowest BCUT2D eigenvalue weighted by atomic mass is 10.0. The zero-order chi connectivity index (χ0) is 18.0. The molecular formula is C20H27N3O2. The van der Waals surface area contributed by atoms with Gasteiger partial charge in [-0.05, 0) is 70.5 Å². The Hall–Kier alpha value is -2.27. The largest absolute Gasteiger partial charge is 0.497 e. The molecule has 2 unspecified atom stereocenters. The molecule has 5 nitrogen and oxygen atoms in total. The van der Waals surface area contributed by atoms with E-state index in [4.69, 9.17) is 4.74 Å². The molecule has 25 heavy (non-hydrogen) atoms. The summed E-state index contributed by atoms with van der Waals surface area (Å²) in [6.45, 7) is 7.14. The van der Waals surface area contributed by atoms with Crippen molar-refractivity contribution in [3.63, 3.8) is 0 Å². The van der Waals surface area contributed by atoms with Crippen LogP contribution in [0.1, 0.15) is 41.5 Å². The fourth-order valence-electron chi connectivity index (χ4n) is 3.65. The van der Waals surface area contributed by atoms with Crippen LogP contribution in [0, 0.1) is 13.8 Å². The van der Waals surface area contributed by atoms with Crippen LogP contribution >= 0.6 is 0 Å². The lowest BCUT2D eigenvalue weighted by Gasteiger charge is -2.28. The van der Waals surface area contributed by atoms with Crippen LogP contribution in [0.4, 0.5) is 0 Å². The molecule has 134 valence electrons. The van der Waals surface area contributed by atoms with Crippen LogP contribution < -0.4 is 15.4 Å². The van der Waals surface area contributed by atoms with Crippen LogP contribution in [-0.2, 0) is 0 Å². The Morgan fingerprint density at radius 3 is 2.64 bits per heavy atom. The van der Waals surface area contributed by atoms with Crippen molar-refractivity contribution >= 4 is 5.91 Å². The molecule has 0 bridgehead atoms. The molecule has 0 spiro atoms. The Morgan fingerprint density at radius 1 is 1.28 bits per heavy atom. The number of hydrogen-bond donors (Lipinski definition) is 2. The molecule has 0 aliphatic carbocycles. The monoisotopic (exact) mass is 341 g/mol. The summed E-state index contributed by atoms with van der Waals surface area (Å²) < 4.78 is 7.33.